The van der Waals surface area contributed by atoms with Gasteiger partial charge in [0, 0.05) is 0 Å². The van der Waals surface area contributed by atoms with Gasteiger partial charge in [0.15, 0.2) is 0 Å². The number of aryl methyl sites for hydroxylation is 1. The molecule has 0 bridgehead atoms. The summed E-state index contributed by atoms with van der Waals surface area (Å²) in [5.41, 5.74) is 12.6. The summed E-state index contributed by atoms with van der Waals surface area (Å²) >= 11 is 3.97. The molecule has 0 saturated carbocycles. The molecular weight excluding hydrogens is 320 g/mol. The monoisotopic (exact) mass is 344 g/mol. The maximum absolute atomic E-state index is 3.97. The van der Waals surface area contributed by atoms with Crippen LogP contribution < -0.4 is 0 Å². The van der Waals surface area contributed by atoms with Crippen LogP contribution in [0.1, 0.15) is 54.9 Å². The van der Waals surface area contributed by atoms with Crippen LogP contribution in [0.3, 0.4) is 0 Å². The van der Waals surface area contributed by atoms with Crippen molar-refractivity contribution in [2.24, 2.45) is 0 Å². The molecule has 0 fully saturated rings. The Morgan fingerprint density at radius 2 is 1.14 bits per heavy atom. The lowest BCUT2D eigenvalue weighted by Crippen LogP contribution is -2.07. The summed E-state index contributed by atoms with van der Waals surface area (Å²) in [6.45, 7) is 15.6. The van der Waals surface area contributed by atoms with Gasteiger partial charge in [-0.05, 0) is 98.5 Å². The number of rotatable bonds is 2. The molecule has 0 amide bonds. The Kier molecular flexibility index (Phi) is 4.63. The SMILES string of the molecule is Cc1cccc(C(Br)c2c(C)c(C)c(C)c(C)c2C)c1C. The Morgan fingerprint density at radius 3 is 1.67 bits per heavy atom. The van der Waals surface area contributed by atoms with E-state index in [2.05, 4.69) is 82.6 Å². The van der Waals surface area contributed by atoms with Crippen LogP contribution in [0.4, 0.5) is 0 Å². The fraction of sp³-hybridized carbons (Fsp3) is 0.400. The van der Waals surface area contributed by atoms with Gasteiger partial charge in [0.05, 0.1) is 4.83 Å². The van der Waals surface area contributed by atoms with Crippen molar-refractivity contribution in [1.82, 2.24) is 0 Å². The highest BCUT2D eigenvalue weighted by Gasteiger charge is 2.21. The van der Waals surface area contributed by atoms with Crippen molar-refractivity contribution < 1.29 is 0 Å². The molecule has 0 saturated heterocycles. The van der Waals surface area contributed by atoms with Crippen LogP contribution in [0.5, 0.6) is 0 Å². The van der Waals surface area contributed by atoms with Gasteiger partial charge in [-0.2, -0.15) is 0 Å². The fourth-order valence-corrected chi connectivity index (χ4v) is 4.30. The molecule has 0 radical (unpaired) electrons. The van der Waals surface area contributed by atoms with E-state index in [1.54, 1.807) is 0 Å². The van der Waals surface area contributed by atoms with Gasteiger partial charge in [0.1, 0.15) is 0 Å². The van der Waals surface area contributed by atoms with Gasteiger partial charge in [0.2, 0.25) is 0 Å². The first-order chi connectivity index (χ1) is 9.77. The van der Waals surface area contributed by atoms with Crippen molar-refractivity contribution in [2.75, 3.05) is 0 Å². The number of alkyl halides is 1. The highest BCUT2D eigenvalue weighted by atomic mass is 79.9. The van der Waals surface area contributed by atoms with Crippen LogP contribution in [-0.2, 0) is 0 Å². The van der Waals surface area contributed by atoms with Crippen molar-refractivity contribution in [3.8, 4) is 0 Å². The predicted octanol–water partition coefficient (Wildman–Crippen LogP) is 6.33. The third-order valence-electron chi connectivity index (χ3n) is 5.23. The highest BCUT2D eigenvalue weighted by molar-refractivity contribution is 9.09. The van der Waals surface area contributed by atoms with Crippen molar-refractivity contribution in [2.45, 2.75) is 53.3 Å². The first-order valence-electron chi connectivity index (χ1n) is 7.54. The lowest BCUT2D eigenvalue weighted by molar-refractivity contribution is 1.04. The molecule has 1 unspecified atom stereocenters. The summed E-state index contributed by atoms with van der Waals surface area (Å²) in [5.74, 6) is 0. The topological polar surface area (TPSA) is 0 Å². The molecule has 0 nitrogen and oxygen atoms in total. The van der Waals surface area contributed by atoms with E-state index in [1.165, 1.54) is 50.1 Å². The Balaban J connectivity index is 2.70. The van der Waals surface area contributed by atoms with Crippen LogP contribution in [0, 0.1) is 48.5 Å². The Bertz CT molecular complexity index is 666. The second-order valence-electron chi connectivity index (χ2n) is 6.19. The van der Waals surface area contributed by atoms with Crippen LogP contribution in [0.2, 0.25) is 0 Å². The predicted molar refractivity (Wildman–Crippen MR) is 96.8 cm³/mol. The zero-order valence-electron chi connectivity index (χ0n) is 14.2. The Morgan fingerprint density at radius 1 is 0.667 bits per heavy atom. The molecule has 2 aromatic rings. The molecule has 2 rings (SSSR count). The Hall–Kier alpha value is -1.08. The highest BCUT2D eigenvalue weighted by Crippen LogP contribution is 2.40. The van der Waals surface area contributed by atoms with E-state index in [1.807, 2.05) is 0 Å². The summed E-state index contributed by atoms with van der Waals surface area (Å²) in [7, 11) is 0. The van der Waals surface area contributed by atoms with Gasteiger partial charge in [-0.15, -0.1) is 0 Å². The third-order valence-corrected chi connectivity index (χ3v) is 6.18. The molecule has 2 aromatic carbocycles. The third kappa shape index (κ3) is 2.68. The molecule has 0 aliphatic carbocycles. The van der Waals surface area contributed by atoms with Crippen molar-refractivity contribution in [1.29, 1.82) is 0 Å². The summed E-state index contributed by atoms with van der Waals surface area (Å²) in [5, 5.41) is 0. The van der Waals surface area contributed by atoms with Crippen molar-refractivity contribution in [3.05, 3.63) is 68.3 Å². The lowest BCUT2D eigenvalue weighted by Gasteiger charge is -2.24. The van der Waals surface area contributed by atoms with Crippen molar-refractivity contribution >= 4 is 15.9 Å². The molecule has 21 heavy (non-hydrogen) atoms. The van der Waals surface area contributed by atoms with Gasteiger partial charge in [-0.1, -0.05) is 34.1 Å². The average Bonchev–Trinajstić information content (AvgIpc) is 2.46. The molecule has 0 N–H and O–H groups in total. The summed E-state index contributed by atoms with van der Waals surface area (Å²) in [6, 6.07) is 6.58. The van der Waals surface area contributed by atoms with E-state index in [0.29, 0.717) is 0 Å². The molecule has 1 atom stereocenters. The second kappa shape index (κ2) is 5.96. The van der Waals surface area contributed by atoms with Gasteiger partial charge < -0.3 is 0 Å². The van der Waals surface area contributed by atoms with Crippen LogP contribution in [-0.4, -0.2) is 0 Å². The van der Waals surface area contributed by atoms with E-state index in [-0.39, 0.29) is 4.83 Å². The molecule has 0 heterocycles. The van der Waals surface area contributed by atoms with E-state index < -0.39 is 0 Å². The maximum atomic E-state index is 3.97. The maximum Gasteiger partial charge on any atom is 0.0652 e. The molecule has 0 aromatic heterocycles. The van der Waals surface area contributed by atoms with E-state index >= 15 is 0 Å². The van der Waals surface area contributed by atoms with Gasteiger partial charge in [0.25, 0.3) is 0 Å². The van der Waals surface area contributed by atoms with Crippen LogP contribution in [0.15, 0.2) is 18.2 Å². The van der Waals surface area contributed by atoms with Crippen LogP contribution >= 0.6 is 15.9 Å². The lowest BCUT2D eigenvalue weighted by atomic mass is 9.85. The molecule has 0 spiro atoms. The zero-order valence-corrected chi connectivity index (χ0v) is 15.8. The standard InChI is InChI=1S/C20H25Br/c1-11-9-8-10-18(12(11)2)20(21)19-16(6)14(4)13(3)15(5)17(19)7/h8-10,20H,1-7H3. The molecule has 0 aliphatic rings. The first kappa shape index (κ1) is 16.3. The van der Waals surface area contributed by atoms with E-state index in [0.717, 1.165) is 0 Å². The number of hydrogen-bond donors (Lipinski definition) is 0. The normalized spacial score (nSPS) is 12.6. The quantitative estimate of drug-likeness (QED) is 0.558. The largest absolute Gasteiger partial charge is 0.0786 e. The number of hydrogen-bond acceptors (Lipinski definition) is 0. The molecular formula is C20H25Br. The van der Waals surface area contributed by atoms with Crippen LogP contribution in [0.25, 0.3) is 0 Å². The average molecular weight is 345 g/mol. The smallest absolute Gasteiger partial charge is 0.0652 e. The summed E-state index contributed by atoms with van der Waals surface area (Å²) in [4.78, 5) is 0.260. The van der Waals surface area contributed by atoms with E-state index in [9.17, 15) is 0 Å². The van der Waals surface area contributed by atoms with E-state index in [4.69, 9.17) is 0 Å². The molecule has 1 heteroatoms. The Labute approximate surface area is 137 Å². The first-order valence-corrected chi connectivity index (χ1v) is 8.46. The minimum Gasteiger partial charge on any atom is -0.0786 e. The van der Waals surface area contributed by atoms with Gasteiger partial charge in [-0.25, -0.2) is 0 Å². The van der Waals surface area contributed by atoms with Gasteiger partial charge >= 0.3 is 0 Å². The molecule has 0 aliphatic heterocycles. The summed E-state index contributed by atoms with van der Waals surface area (Å²) in [6.07, 6.45) is 0. The minimum absolute atomic E-state index is 0.260. The zero-order chi connectivity index (χ0) is 15.9. The second-order valence-corrected chi connectivity index (χ2v) is 7.11. The minimum atomic E-state index is 0.260. The summed E-state index contributed by atoms with van der Waals surface area (Å²) < 4.78 is 0. The van der Waals surface area contributed by atoms with Gasteiger partial charge in [-0.3, -0.25) is 0 Å². The van der Waals surface area contributed by atoms with Crippen molar-refractivity contribution in [3.63, 3.8) is 0 Å². The molecule has 112 valence electrons. The number of benzene rings is 2. The fourth-order valence-electron chi connectivity index (χ4n) is 3.11. The number of halogens is 1.